The first-order valence-electron chi connectivity index (χ1n) is 7.42. The van der Waals surface area contributed by atoms with E-state index >= 15 is 0 Å². The van der Waals surface area contributed by atoms with Crippen molar-refractivity contribution in [1.82, 2.24) is 5.32 Å². The molecule has 112 valence electrons. The molecule has 1 atom stereocenters. The van der Waals surface area contributed by atoms with Crippen LogP contribution in [0.5, 0.6) is 0 Å². The molecular weight excluding hydrogens is 270 g/mol. The predicted octanol–water partition coefficient (Wildman–Crippen LogP) is 3.65. The van der Waals surface area contributed by atoms with Crippen molar-refractivity contribution in [2.24, 2.45) is 5.92 Å². The quantitative estimate of drug-likeness (QED) is 0.814. The molecule has 1 aliphatic carbocycles. The van der Waals surface area contributed by atoms with Gasteiger partial charge < -0.3 is 4.74 Å². The number of carbonyl (C=O) groups excluding carboxylic acids is 1. The van der Waals surface area contributed by atoms with Crippen LogP contribution in [0.4, 0.5) is 0 Å². The Morgan fingerprint density at radius 3 is 2.65 bits per heavy atom. The van der Waals surface area contributed by atoms with E-state index in [2.05, 4.69) is 38.2 Å². The molecule has 20 heavy (non-hydrogen) atoms. The van der Waals surface area contributed by atoms with Crippen LogP contribution in [-0.4, -0.2) is 19.1 Å². The minimum Gasteiger partial charge on any atom is -0.465 e. The maximum absolute atomic E-state index is 12.2. The molecule has 1 saturated carbocycles. The van der Waals surface area contributed by atoms with E-state index in [0.29, 0.717) is 6.61 Å². The summed E-state index contributed by atoms with van der Waals surface area (Å²) in [4.78, 5) is 14.5. The Morgan fingerprint density at radius 2 is 2.15 bits per heavy atom. The molecule has 0 radical (unpaired) electrons. The van der Waals surface area contributed by atoms with E-state index in [-0.39, 0.29) is 17.4 Å². The lowest BCUT2D eigenvalue weighted by Gasteiger charge is -2.17. The molecule has 1 aromatic rings. The second-order valence-electron chi connectivity index (χ2n) is 6.49. The van der Waals surface area contributed by atoms with Crippen molar-refractivity contribution in [2.45, 2.75) is 52.0 Å². The summed E-state index contributed by atoms with van der Waals surface area (Å²) in [5.74, 6) is 0.587. The maximum atomic E-state index is 12.2. The zero-order valence-corrected chi connectivity index (χ0v) is 13.7. The molecule has 0 saturated heterocycles. The fraction of sp³-hybridized carbons (Fsp3) is 0.688. The number of nitrogens with one attached hydrogen (secondary N) is 1. The molecule has 1 fully saturated rings. The molecule has 1 N–H and O–H groups in total. The van der Waals surface area contributed by atoms with Crippen LogP contribution in [0.15, 0.2) is 12.1 Å². The lowest BCUT2D eigenvalue weighted by Crippen LogP contribution is -2.31. The van der Waals surface area contributed by atoms with Gasteiger partial charge in [-0.15, -0.1) is 11.3 Å². The van der Waals surface area contributed by atoms with Gasteiger partial charge in [0.1, 0.15) is 6.04 Å². The molecule has 0 amide bonds. The smallest absolute Gasteiger partial charge is 0.328 e. The summed E-state index contributed by atoms with van der Waals surface area (Å²) in [6.07, 6.45) is 2.56. The maximum Gasteiger partial charge on any atom is 0.328 e. The summed E-state index contributed by atoms with van der Waals surface area (Å²) in [6.45, 7) is 9.77. The van der Waals surface area contributed by atoms with Gasteiger partial charge in [0.25, 0.3) is 0 Å². The molecule has 0 aliphatic heterocycles. The van der Waals surface area contributed by atoms with E-state index in [1.54, 1.807) is 11.3 Å². The highest BCUT2D eigenvalue weighted by molar-refractivity contribution is 7.12. The molecule has 4 heteroatoms. The van der Waals surface area contributed by atoms with Crippen molar-refractivity contribution in [3.05, 3.63) is 21.9 Å². The highest BCUT2D eigenvalue weighted by Gasteiger charge is 2.28. The van der Waals surface area contributed by atoms with Crippen LogP contribution < -0.4 is 5.32 Å². The van der Waals surface area contributed by atoms with Gasteiger partial charge in [-0.3, -0.25) is 5.32 Å². The van der Waals surface area contributed by atoms with E-state index < -0.39 is 0 Å². The van der Waals surface area contributed by atoms with Gasteiger partial charge in [0.2, 0.25) is 0 Å². The zero-order chi connectivity index (χ0) is 14.8. The summed E-state index contributed by atoms with van der Waals surface area (Å²) >= 11 is 1.71. The molecular formula is C16H25NO2S. The van der Waals surface area contributed by atoms with Crippen molar-refractivity contribution in [1.29, 1.82) is 0 Å². The van der Waals surface area contributed by atoms with Gasteiger partial charge >= 0.3 is 5.97 Å². The van der Waals surface area contributed by atoms with Gasteiger partial charge in [-0.2, -0.15) is 0 Å². The second-order valence-corrected chi connectivity index (χ2v) is 7.60. The van der Waals surface area contributed by atoms with Crippen molar-refractivity contribution in [3.63, 3.8) is 0 Å². The number of thiophene rings is 1. The molecule has 0 spiro atoms. The molecule has 0 aromatic carbocycles. The van der Waals surface area contributed by atoms with Crippen LogP contribution in [0, 0.1) is 5.92 Å². The molecule has 1 unspecified atom stereocenters. The molecule has 0 bridgehead atoms. The van der Waals surface area contributed by atoms with Crippen LogP contribution in [0.2, 0.25) is 0 Å². The average Bonchev–Trinajstić information content (AvgIpc) is 3.03. The first-order valence-corrected chi connectivity index (χ1v) is 8.23. The van der Waals surface area contributed by atoms with E-state index in [4.69, 9.17) is 4.74 Å². The van der Waals surface area contributed by atoms with E-state index in [0.717, 1.165) is 17.3 Å². The third-order valence-electron chi connectivity index (χ3n) is 3.48. The predicted molar refractivity (Wildman–Crippen MR) is 83.1 cm³/mol. The Hall–Kier alpha value is -0.870. The Kier molecular flexibility index (Phi) is 4.86. The van der Waals surface area contributed by atoms with Gasteiger partial charge in [0, 0.05) is 9.75 Å². The Bertz CT molecular complexity index is 457. The monoisotopic (exact) mass is 295 g/mol. The first kappa shape index (κ1) is 15.5. The Balaban J connectivity index is 2.11. The third-order valence-corrected chi connectivity index (χ3v) is 5.06. The van der Waals surface area contributed by atoms with Gasteiger partial charge in [-0.1, -0.05) is 20.8 Å². The highest BCUT2D eigenvalue weighted by atomic mass is 32.1. The van der Waals surface area contributed by atoms with Gasteiger partial charge in [0.05, 0.1) is 6.61 Å². The number of hydrogen-bond donors (Lipinski definition) is 1. The minimum atomic E-state index is -0.309. The normalized spacial score (nSPS) is 17.0. The number of hydrogen-bond acceptors (Lipinski definition) is 4. The van der Waals surface area contributed by atoms with Gasteiger partial charge in [-0.25, -0.2) is 4.79 Å². The minimum absolute atomic E-state index is 0.124. The molecule has 3 nitrogen and oxygen atoms in total. The lowest BCUT2D eigenvalue weighted by molar-refractivity contribution is -0.145. The molecule has 1 aromatic heterocycles. The number of carbonyl (C=O) groups is 1. The standard InChI is InChI=1S/C16H25NO2S/c1-5-19-15(18)14(17-10-11-6-7-11)12-8-9-13(20-12)16(2,3)4/h8-9,11,14,17H,5-7,10H2,1-4H3. The van der Waals surface area contributed by atoms with Crippen LogP contribution in [-0.2, 0) is 14.9 Å². The van der Waals surface area contributed by atoms with Crippen molar-refractivity contribution in [2.75, 3.05) is 13.2 Å². The average molecular weight is 295 g/mol. The zero-order valence-electron chi connectivity index (χ0n) is 12.9. The highest BCUT2D eigenvalue weighted by Crippen LogP contribution is 2.34. The van der Waals surface area contributed by atoms with Crippen LogP contribution >= 0.6 is 11.3 Å². The number of esters is 1. The summed E-state index contributed by atoms with van der Waals surface area (Å²) in [6, 6.07) is 3.88. The number of rotatable bonds is 6. The van der Waals surface area contributed by atoms with Crippen molar-refractivity contribution >= 4 is 17.3 Å². The summed E-state index contributed by atoms with van der Waals surface area (Å²) in [7, 11) is 0. The number of ether oxygens (including phenoxy) is 1. The van der Waals surface area contributed by atoms with E-state index in [9.17, 15) is 4.79 Å². The summed E-state index contributed by atoms with van der Waals surface area (Å²) < 4.78 is 5.21. The molecule has 2 rings (SSSR count). The van der Waals surface area contributed by atoms with E-state index in [1.807, 2.05) is 6.92 Å². The Labute approximate surface area is 125 Å². The van der Waals surface area contributed by atoms with E-state index in [1.165, 1.54) is 17.7 Å². The third kappa shape index (κ3) is 4.06. The lowest BCUT2D eigenvalue weighted by atomic mass is 9.95. The Morgan fingerprint density at radius 1 is 1.45 bits per heavy atom. The van der Waals surface area contributed by atoms with Crippen molar-refractivity contribution < 1.29 is 9.53 Å². The van der Waals surface area contributed by atoms with Gasteiger partial charge in [0.15, 0.2) is 0 Å². The molecule has 1 heterocycles. The largest absolute Gasteiger partial charge is 0.465 e. The first-order chi connectivity index (χ1) is 9.41. The van der Waals surface area contributed by atoms with Gasteiger partial charge in [-0.05, 0) is 49.8 Å². The molecule has 1 aliphatic rings. The van der Waals surface area contributed by atoms with Crippen molar-refractivity contribution in [3.8, 4) is 0 Å². The van der Waals surface area contributed by atoms with Crippen LogP contribution in [0.1, 0.15) is 56.3 Å². The van der Waals surface area contributed by atoms with Crippen LogP contribution in [0.25, 0.3) is 0 Å². The fourth-order valence-electron chi connectivity index (χ4n) is 2.04. The fourth-order valence-corrected chi connectivity index (χ4v) is 3.17. The SMILES string of the molecule is CCOC(=O)C(NCC1CC1)c1ccc(C(C)(C)C)s1. The van der Waals surface area contributed by atoms with Crippen LogP contribution in [0.3, 0.4) is 0 Å². The second kappa shape index (κ2) is 6.27. The topological polar surface area (TPSA) is 38.3 Å². The summed E-state index contributed by atoms with van der Waals surface area (Å²) in [5.41, 5.74) is 0.124. The summed E-state index contributed by atoms with van der Waals surface area (Å²) in [5, 5.41) is 3.38.